The topological polar surface area (TPSA) is 64.8 Å². The molecule has 0 fully saturated rings. The largest absolute Gasteiger partial charge is 0.493 e. The molecule has 1 heterocycles. The molecule has 0 saturated heterocycles. The molecule has 0 atom stereocenters. The fourth-order valence-electron chi connectivity index (χ4n) is 3.74. The fourth-order valence-corrected chi connectivity index (χ4v) is 4.17. The van der Waals surface area contributed by atoms with Gasteiger partial charge in [0.05, 0.1) is 19.0 Å². The fraction of sp³-hybridized carbons (Fsp3) is 0.103. The minimum atomic E-state index is -0.317. The van der Waals surface area contributed by atoms with Crippen LogP contribution in [0.2, 0.25) is 0 Å². The Kier molecular flexibility index (Phi) is 7.89. The first-order valence-corrected chi connectivity index (χ1v) is 11.9. The zero-order chi connectivity index (χ0) is 25.5. The van der Waals surface area contributed by atoms with Gasteiger partial charge in [-0.05, 0) is 76.9 Å². The van der Waals surface area contributed by atoms with Crippen molar-refractivity contribution < 1.29 is 14.3 Å². The summed E-state index contributed by atoms with van der Waals surface area (Å²) in [7, 11) is 1.54. The molecule has 0 aliphatic heterocycles. The highest BCUT2D eigenvalue weighted by Gasteiger charge is 2.12. The molecule has 1 N–H and O–H groups in total. The molecular weight excluding hydrogens is 518 g/mol. The summed E-state index contributed by atoms with van der Waals surface area (Å²) in [5, 5.41) is 4.10. The predicted molar refractivity (Wildman–Crippen MR) is 146 cm³/mol. The zero-order valence-electron chi connectivity index (χ0n) is 19.9. The lowest BCUT2D eigenvalue weighted by Crippen LogP contribution is -2.17. The van der Waals surface area contributed by atoms with E-state index in [1.54, 1.807) is 24.3 Å². The van der Waals surface area contributed by atoms with Crippen molar-refractivity contribution >= 4 is 28.1 Å². The molecule has 36 heavy (non-hydrogen) atoms. The number of ether oxygens (including phenoxy) is 2. The molecule has 4 aromatic rings. The van der Waals surface area contributed by atoms with Crippen molar-refractivity contribution in [3.05, 3.63) is 100 Å². The average molecular weight is 542 g/mol. The predicted octanol–water partition coefficient (Wildman–Crippen LogP) is 6.00. The molecule has 4 rings (SSSR count). The van der Waals surface area contributed by atoms with Crippen LogP contribution in [0.15, 0.2) is 88.4 Å². The number of hydrazone groups is 1. The van der Waals surface area contributed by atoms with Crippen LogP contribution in [0, 0.1) is 19.3 Å². The number of aryl methyl sites for hydroxylation is 1. The molecule has 0 saturated carbocycles. The first kappa shape index (κ1) is 24.8. The molecule has 1 aromatic heterocycles. The quantitative estimate of drug-likeness (QED) is 0.169. The van der Waals surface area contributed by atoms with Crippen LogP contribution in [0.25, 0.3) is 16.9 Å². The third kappa shape index (κ3) is 5.51. The number of terminal acetylenes is 1. The summed E-state index contributed by atoms with van der Waals surface area (Å²) in [6.45, 7) is 2.19. The number of benzene rings is 3. The van der Waals surface area contributed by atoms with Crippen LogP contribution in [-0.2, 0) is 0 Å². The number of carbonyl (C=O) groups excluding carboxylic acids is 1. The molecule has 1 amide bonds. The number of aromatic nitrogens is 1. The summed E-state index contributed by atoms with van der Waals surface area (Å²) in [5.41, 5.74) is 8.06. The number of amides is 1. The third-order valence-electron chi connectivity index (χ3n) is 5.50. The number of hydrogen-bond donors (Lipinski definition) is 1. The number of rotatable bonds is 8. The molecule has 3 aromatic carbocycles. The Morgan fingerprint density at radius 1 is 1.08 bits per heavy atom. The molecule has 0 unspecified atom stereocenters. The number of nitrogens with one attached hydrogen (secondary N) is 1. The number of hydrogen-bond acceptors (Lipinski definition) is 4. The molecule has 0 radical (unpaired) electrons. The molecular formula is C29H24BrN3O3. The van der Waals surface area contributed by atoms with Crippen molar-refractivity contribution in [2.45, 2.75) is 6.92 Å². The summed E-state index contributed by atoms with van der Waals surface area (Å²) in [6.07, 6.45) is 6.78. The van der Waals surface area contributed by atoms with Crippen molar-refractivity contribution in [2.24, 2.45) is 5.10 Å². The highest BCUT2D eigenvalue weighted by molar-refractivity contribution is 9.10. The summed E-state index contributed by atoms with van der Waals surface area (Å²) in [5.74, 6) is 3.12. The minimum absolute atomic E-state index is 0.128. The van der Waals surface area contributed by atoms with Gasteiger partial charge >= 0.3 is 0 Å². The monoisotopic (exact) mass is 541 g/mol. The van der Waals surface area contributed by atoms with Crippen LogP contribution in [0.5, 0.6) is 11.5 Å². The van der Waals surface area contributed by atoms with Gasteiger partial charge in [-0.25, -0.2) is 5.43 Å². The van der Waals surface area contributed by atoms with Gasteiger partial charge < -0.3 is 14.0 Å². The molecule has 0 aliphatic carbocycles. The second-order valence-corrected chi connectivity index (χ2v) is 8.68. The number of nitrogens with zero attached hydrogens (tertiary/aromatic N) is 2. The van der Waals surface area contributed by atoms with Gasteiger partial charge in [-0.3, -0.25) is 4.79 Å². The molecule has 0 aliphatic rings. The summed E-state index contributed by atoms with van der Waals surface area (Å²) < 4.78 is 13.7. The molecule has 7 heteroatoms. The Morgan fingerprint density at radius 2 is 1.83 bits per heavy atom. The number of methoxy groups -OCH3 is 1. The number of carbonyl (C=O) groups is 1. The molecule has 0 spiro atoms. The Bertz CT molecular complexity index is 1440. The molecule has 180 valence electrons. The van der Waals surface area contributed by atoms with Gasteiger partial charge in [-0.2, -0.15) is 5.10 Å². The van der Waals surface area contributed by atoms with E-state index in [-0.39, 0.29) is 12.5 Å². The minimum Gasteiger partial charge on any atom is -0.493 e. The lowest BCUT2D eigenvalue weighted by molar-refractivity contribution is 0.0955. The van der Waals surface area contributed by atoms with E-state index in [1.165, 1.54) is 13.3 Å². The molecule has 6 nitrogen and oxygen atoms in total. The van der Waals surface area contributed by atoms with Crippen LogP contribution in [-0.4, -0.2) is 30.4 Å². The standard InChI is InChI=1S/C29H24BrN3O3/c1-4-16-36-28-18-25(30)23(17-27(28)35-3)19-31-32-29(34)22-11-13-24(14-12-22)33-20(2)10-15-26(33)21-8-6-5-7-9-21/h1,5-15,17-19H,16H2,2-3H3,(H,32,34)/b31-19+. The Labute approximate surface area is 218 Å². The van der Waals surface area contributed by atoms with Crippen molar-refractivity contribution in [3.8, 4) is 40.8 Å². The second-order valence-electron chi connectivity index (χ2n) is 7.82. The van der Waals surface area contributed by atoms with E-state index < -0.39 is 0 Å². The second kappa shape index (κ2) is 11.4. The summed E-state index contributed by atoms with van der Waals surface area (Å²) in [6, 6.07) is 25.3. The first-order valence-electron chi connectivity index (χ1n) is 11.1. The maximum absolute atomic E-state index is 12.7. The van der Waals surface area contributed by atoms with E-state index in [2.05, 4.69) is 68.1 Å². The van der Waals surface area contributed by atoms with Crippen molar-refractivity contribution in [1.82, 2.24) is 9.99 Å². The summed E-state index contributed by atoms with van der Waals surface area (Å²) in [4.78, 5) is 12.7. The van der Waals surface area contributed by atoms with E-state index in [1.807, 2.05) is 30.3 Å². The zero-order valence-corrected chi connectivity index (χ0v) is 21.5. The van der Waals surface area contributed by atoms with Crippen molar-refractivity contribution in [2.75, 3.05) is 13.7 Å². The van der Waals surface area contributed by atoms with E-state index in [0.717, 1.165) is 22.6 Å². The van der Waals surface area contributed by atoms with E-state index >= 15 is 0 Å². The van der Waals surface area contributed by atoms with Gasteiger partial charge in [0.25, 0.3) is 5.91 Å². The maximum Gasteiger partial charge on any atom is 0.271 e. The summed E-state index contributed by atoms with van der Waals surface area (Å²) >= 11 is 3.48. The van der Waals surface area contributed by atoms with Gasteiger partial charge in [-0.15, -0.1) is 6.42 Å². The Hall–Kier alpha value is -4.28. The molecule has 0 bridgehead atoms. The van der Waals surface area contributed by atoms with Gasteiger partial charge in [0.1, 0.15) is 6.61 Å². The van der Waals surface area contributed by atoms with Crippen molar-refractivity contribution in [3.63, 3.8) is 0 Å². The van der Waals surface area contributed by atoms with Gasteiger partial charge in [-0.1, -0.05) is 36.3 Å². The smallest absolute Gasteiger partial charge is 0.271 e. The van der Waals surface area contributed by atoms with Gasteiger partial charge in [0.2, 0.25) is 0 Å². The van der Waals surface area contributed by atoms with E-state index in [0.29, 0.717) is 27.1 Å². The van der Waals surface area contributed by atoms with E-state index in [4.69, 9.17) is 15.9 Å². The lowest BCUT2D eigenvalue weighted by Gasteiger charge is -2.13. The van der Waals surface area contributed by atoms with Gasteiger partial charge in [0, 0.05) is 27.0 Å². The van der Waals surface area contributed by atoms with Crippen molar-refractivity contribution in [1.29, 1.82) is 0 Å². The SMILES string of the molecule is C#CCOc1cc(Br)c(/C=N/NC(=O)c2ccc(-n3c(C)ccc3-c3ccccc3)cc2)cc1OC. The Morgan fingerprint density at radius 3 is 2.53 bits per heavy atom. The highest BCUT2D eigenvalue weighted by Crippen LogP contribution is 2.33. The maximum atomic E-state index is 12.7. The third-order valence-corrected chi connectivity index (χ3v) is 6.18. The van der Waals surface area contributed by atoms with E-state index in [9.17, 15) is 4.79 Å². The normalized spacial score (nSPS) is 10.7. The van der Waals surface area contributed by atoms with Crippen LogP contribution in [0.3, 0.4) is 0 Å². The van der Waals surface area contributed by atoms with Crippen LogP contribution < -0.4 is 14.9 Å². The first-order chi connectivity index (χ1) is 17.5. The lowest BCUT2D eigenvalue weighted by atomic mass is 10.1. The van der Waals surface area contributed by atoms with Crippen LogP contribution >= 0.6 is 15.9 Å². The van der Waals surface area contributed by atoms with Gasteiger partial charge in [0.15, 0.2) is 11.5 Å². The van der Waals surface area contributed by atoms with Crippen LogP contribution in [0.1, 0.15) is 21.6 Å². The highest BCUT2D eigenvalue weighted by atomic mass is 79.9. The van der Waals surface area contributed by atoms with Crippen LogP contribution in [0.4, 0.5) is 0 Å². The number of halogens is 1. The average Bonchev–Trinajstić information content (AvgIpc) is 3.30. The Balaban J connectivity index is 1.48.